The van der Waals surface area contributed by atoms with Gasteiger partial charge in [0.05, 0.1) is 5.60 Å². The summed E-state index contributed by atoms with van der Waals surface area (Å²) in [6.07, 6.45) is 5.36. The summed E-state index contributed by atoms with van der Waals surface area (Å²) in [6, 6.07) is 8.80. The Morgan fingerprint density at radius 3 is 3.08 bits per heavy atom. The normalized spacial score (nSPS) is 39.7. The van der Waals surface area contributed by atoms with Gasteiger partial charge in [0.1, 0.15) is 5.94 Å². The van der Waals surface area contributed by atoms with Crippen molar-refractivity contribution in [2.24, 2.45) is 11.8 Å². The number of fused-ring (bicyclic) bond motifs is 5. The van der Waals surface area contributed by atoms with Gasteiger partial charge in [-0.25, -0.2) is 4.79 Å². The first-order valence-electron chi connectivity index (χ1n) is 9.63. The third-order valence-electron chi connectivity index (χ3n) is 6.58. The average molecular weight is 340 g/mol. The predicted molar refractivity (Wildman–Crippen MR) is 99.4 cm³/mol. The first kappa shape index (κ1) is 16.8. The van der Waals surface area contributed by atoms with Gasteiger partial charge in [0.15, 0.2) is 0 Å². The van der Waals surface area contributed by atoms with Gasteiger partial charge in [-0.15, -0.1) is 0 Å². The number of para-hydroxylation sites is 1. The van der Waals surface area contributed by atoms with Crippen LogP contribution in [0.5, 0.6) is 0 Å². The number of hydrogen-bond acceptors (Lipinski definition) is 4. The van der Waals surface area contributed by atoms with E-state index in [1.165, 1.54) is 11.3 Å². The summed E-state index contributed by atoms with van der Waals surface area (Å²) in [5, 5.41) is 14.6. The molecule has 4 rings (SSSR count). The summed E-state index contributed by atoms with van der Waals surface area (Å²) in [7, 11) is 0. The highest BCUT2D eigenvalue weighted by Gasteiger charge is 2.43. The monoisotopic (exact) mass is 340 g/mol. The van der Waals surface area contributed by atoms with Crippen molar-refractivity contribution in [2.75, 3.05) is 25.0 Å². The minimum Gasteiger partial charge on any atom is -0.389 e. The SMILES string of the molecule is CCC1(O)CC2C[C@@H](C=C=O)C3Nc4ccccc4C3CCN(C2)C1. The van der Waals surface area contributed by atoms with Crippen molar-refractivity contribution in [1.29, 1.82) is 0 Å². The topological polar surface area (TPSA) is 52.6 Å². The second-order valence-electron chi connectivity index (χ2n) is 8.22. The maximum Gasteiger partial charge on any atom is 0.120 e. The Balaban J connectivity index is 1.67. The van der Waals surface area contributed by atoms with Gasteiger partial charge in [-0.3, -0.25) is 0 Å². The van der Waals surface area contributed by atoms with Crippen LogP contribution in [0, 0.1) is 11.8 Å². The Kier molecular flexibility index (Phi) is 4.45. The van der Waals surface area contributed by atoms with Crippen LogP contribution < -0.4 is 5.32 Å². The molecule has 4 heteroatoms. The maximum atomic E-state index is 11.2. The highest BCUT2D eigenvalue weighted by Crippen LogP contribution is 2.45. The first-order valence-corrected chi connectivity index (χ1v) is 9.63. The van der Waals surface area contributed by atoms with Crippen LogP contribution in [-0.2, 0) is 4.79 Å². The Morgan fingerprint density at radius 2 is 2.28 bits per heavy atom. The van der Waals surface area contributed by atoms with Crippen LogP contribution in [0.2, 0.25) is 0 Å². The number of aliphatic hydroxyl groups is 1. The lowest BCUT2D eigenvalue weighted by Gasteiger charge is -2.43. The highest BCUT2D eigenvalue weighted by molar-refractivity contribution is 5.60. The molecule has 2 bridgehead atoms. The number of carbonyl (C=O) groups excluding carboxylic acids is 1. The molecule has 2 fully saturated rings. The lowest BCUT2D eigenvalue weighted by Crippen LogP contribution is -2.51. The Morgan fingerprint density at radius 1 is 1.44 bits per heavy atom. The van der Waals surface area contributed by atoms with E-state index >= 15 is 0 Å². The third-order valence-corrected chi connectivity index (χ3v) is 6.58. The standard InChI is InChI=1S/C21H28N2O2/c1-2-21(25)12-15-11-16(8-10-24)20-18(7-9-23(13-15)14-21)17-5-3-4-6-19(17)22-20/h3-6,8,15-16,18,20,22,25H,2,7,9,11-14H2,1H3/t15?,16-,18?,20?,21?/m1/s1. The van der Waals surface area contributed by atoms with E-state index in [0.29, 0.717) is 11.8 Å². The number of hydrogen-bond donors (Lipinski definition) is 2. The van der Waals surface area contributed by atoms with Crippen molar-refractivity contribution in [2.45, 2.75) is 50.2 Å². The van der Waals surface area contributed by atoms with Crippen LogP contribution in [0.1, 0.15) is 44.1 Å². The van der Waals surface area contributed by atoms with Crippen LogP contribution in [0.4, 0.5) is 5.69 Å². The van der Waals surface area contributed by atoms with Gasteiger partial charge >= 0.3 is 0 Å². The largest absolute Gasteiger partial charge is 0.389 e. The van der Waals surface area contributed by atoms with E-state index in [-0.39, 0.29) is 12.0 Å². The summed E-state index contributed by atoms with van der Waals surface area (Å²) in [5.74, 6) is 3.07. The molecule has 3 heterocycles. The molecule has 0 aliphatic carbocycles. The molecule has 25 heavy (non-hydrogen) atoms. The van der Waals surface area contributed by atoms with Crippen molar-refractivity contribution in [3.63, 3.8) is 0 Å². The molecule has 0 radical (unpaired) electrons. The number of piperidine rings is 1. The van der Waals surface area contributed by atoms with Gasteiger partial charge in [0.25, 0.3) is 0 Å². The van der Waals surface area contributed by atoms with Crippen LogP contribution >= 0.6 is 0 Å². The third kappa shape index (κ3) is 3.15. The van der Waals surface area contributed by atoms with Gasteiger partial charge < -0.3 is 15.3 Å². The van der Waals surface area contributed by atoms with Crippen molar-refractivity contribution < 1.29 is 9.90 Å². The zero-order valence-electron chi connectivity index (χ0n) is 14.9. The lowest BCUT2D eigenvalue weighted by atomic mass is 9.77. The predicted octanol–water partition coefficient (Wildman–Crippen LogP) is 2.83. The second kappa shape index (κ2) is 6.60. The number of nitrogens with one attached hydrogen (secondary N) is 1. The Hall–Kier alpha value is -1.61. The Labute approximate surface area is 149 Å². The number of anilines is 1. The van der Waals surface area contributed by atoms with Gasteiger partial charge in [-0.1, -0.05) is 25.1 Å². The molecule has 1 aromatic carbocycles. The zero-order valence-corrected chi connectivity index (χ0v) is 14.9. The van der Waals surface area contributed by atoms with E-state index in [2.05, 4.69) is 47.3 Å². The molecule has 134 valence electrons. The van der Waals surface area contributed by atoms with E-state index in [1.54, 1.807) is 6.08 Å². The van der Waals surface area contributed by atoms with E-state index in [4.69, 9.17) is 0 Å². The molecule has 6 atom stereocenters. The first-order chi connectivity index (χ1) is 12.1. The van der Waals surface area contributed by atoms with Crippen LogP contribution in [0.25, 0.3) is 0 Å². The smallest absolute Gasteiger partial charge is 0.120 e. The molecular formula is C21H28N2O2. The molecule has 2 N–H and O–H groups in total. The van der Waals surface area contributed by atoms with Crippen molar-refractivity contribution >= 4 is 11.6 Å². The van der Waals surface area contributed by atoms with E-state index < -0.39 is 5.60 Å². The molecule has 2 saturated heterocycles. The van der Waals surface area contributed by atoms with Gasteiger partial charge in [-0.2, -0.15) is 0 Å². The molecule has 0 spiro atoms. The van der Waals surface area contributed by atoms with Crippen molar-refractivity contribution in [1.82, 2.24) is 4.90 Å². The number of benzene rings is 1. The fraction of sp³-hybridized carbons (Fsp3) is 0.619. The molecule has 5 unspecified atom stereocenters. The van der Waals surface area contributed by atoms with Crippen LogP contribution in [0.3, 0.4) is 0 Å². The molecule has 3 aliphatic rings. The maximum absolute atomic E-state index is 11.2. The molecule has 0 amide bonds. The lowest BCUT2D eigenvalue weighted by molar-refractivity contribution is -0.0571. The molecule has 0 aromatic heterocycles. The van der Waals surface area contributed by atoms with Crippen molar-refractivity contribution in [3.8, 4) is 0 Å². The molecule has 1 aromatic rings. The van der Waals surface area contributed by atoms with E-state index in [9.17, 15) is 9.90 Å². The molecular weight excluding hydrogens is 312 g/mol. The summed E-state index contributed by atoms with van der Waals surface area (Å²) < 4.78 is 0. The molecule has 4 nitrogen and oxygen atoms in total. The summed E-state index contributed by atoms with van der Waals surface area (Å²) >= 11 is 0. The van der Waals surface area contributed by atoms with Crippen LogP contribution in [-0.4, -0.2) is 47.2 Å². The second-order valence-corrected chi connectivity index (χ2v) is 8.22. The average Bonchev–Trinajstić information content (AvgIpc) is 2.98. The summed E-state index contributed by atoms with van der Waals surface area (Å²) in [4.78, 5) is 13.7. The number of rotatable bonds is 2. The highest BCUT2D eigenvalue weighted by atomic mass is 16.3. The van der Waals surface area contributed by atoms with Crippen LogP contribution in [0.15, 0.2) is 30.3 Å². The van der Waals surface area contributed by atoms with Gasteiger partial charge in [0, 0.05) is 42.7 Å². The minimum atomic E-state index is -0.580. The fourth-order valence-corrected chi connectivity index (χ4v) is 5.37. The Bertz CT molecular complexity index is 684. The fourth-order valence-electron chi connectivity index (χ4n) is 5.37. The summed E-state index contributed by atoms with van der Waals surface area (Å²) in [6.45, 7) is 4.90. The van der Waals surface area contributed by atoms with E-state index in [1.807, 2.05) is 0 Å². The van der Waals surface area contributed by atoms with Crippen molar-refractivity contribution in [3.05, 3.63) is 35.9 Å². The molecule has 3 aliphatic heterocycles. The summed E-state index contributed by atoms with van der Waals surface area (Å²) in [5.41, 5.74) is 2.01. The minimum absolute atomic E-state index is 0.166. The van der Waals surface area contributed by atoms with Gasteiger partial charge in [-0.05, 0) is 49.8 Å². The molecule has 0 saturated carbocycles. The zero-order chi connectivity index (χ0) is 17.4. The number of nitrogens with zero attached hydrogens (tertiary/aromatic N) is 1. The van der Waals surface area contributed by atoms with Gasteiger partial charge in [0.2, 0.25) is 0 Å². The quantitative estimate of drug-likeness (QED) is 0.813. The van der Waals surface area contributed by atoms with E-state index in [0.717, 1.165) is 45.3 Å².